The molecule has 7 nitrogen and oxygen atoms in total. The van der Waals surface area contributed by atoms with E-state index in [0.29, 0.717) is 32.7 Å². The Bertz CT molecular complexity index is 826. The van der Waals surface area contributed by atoms with Gasteiger partial charge in [0.25, 0.3) is 0 Å². The topological polar surface area (TPSA) is 75.1 Å². The minimum Gasteiger partial charge on any atom is -0.497 e. The monoisotopic (exact) mass is 387 g/mol. The summed E-state index contributed by atoms with van der Waals surface area (Å²) >= 11 is 0. The third kappa shape index (κ3) is 4.91. The lowest BCUT2D eigenvalue weighted by Gasteiger charge is -2.36. The molecule has 1 aliphatic heterocycles. The second-order valence-corrected chi connectivity index (χ2v) is 8.07. The first kappa shape index (κ1) is 20.4. The van der Waals surface area contributed by atoms with Gasteiger partial charge in [-0.1, -0.05) is 0 Å². The normalized spacial score (nSPS) is 16.8. The fourth-order valence-electron chi connectivity index (χ4n) is 3.35. The highest BCUT2D eigenvalue weighted by molar-refractivity contribution is 5.83. The van der Waals surface area contributed by atoms with Crippen molar-refractivity contribution in [3.05, 3.63) is 36.0 Å². The molecule has 1 N–H and O–H groups in total. The number of benzene rings is 1. The van der Waals surface area contributed by atoms with Gasteiger partial charge in [0.05, 0.1) is 18.7 Å². The van der Waals surface area contributed by atoms with Crippen LogP contribution in [0.25, 0.3) is 10.9 Å². The standard InChI is InChI=1S/C21H29N3O4/c1-21(2,3)28-20(26)24-11-9-23(10-12-24)14-19(25)16-7-8-22-18-6-5-15(27-4)13-17(16)18/h5-8,13,19,25H,9-12,14H2,1-4H3/t19-/m1/s1. The van der Waals surface area contributed by atoms with Gasteiger partial charge in [-0.3, -0.25) is 9.88 Å². The van der Waals surface area contributed by atoms with Gasteiger partial charge in [0.1, 0.15) is 11.4 Å². The predicted molar refractivity (Wildman–Crippen MR) is 108 cm³/mol. The van der Waals surface area contributed by atoms with E-state index in [-0.39, 0.29) is 6.09 Å². The fraction of sp³-hybridized carbons (Fsp3) is 0.524. The van der Waals surface area contributed by atoms with Gasteiger partial charge in [-0.05, 0) is 50.6 Å². The van der Waals surface area contributed by atoms with Crippen LogP contribution in [-0.4, -0.2) is 71.4 Å². The first-order chi connectivity index (χ1) is 13.3. The number of fused-ring (bicyclic) bond motifs is 1. The van der Waals surface area contributed by atoms with Gasteiger partial charge < -0.3 is 19.5 Å². The van der Waals surface area contributed by atoms with E-state index >= 15 is 0 Å². The number of rotatable bonds is 4. The van der Waals surface area contributed by atoms with Gasteiger partial charge in [0.15, 0.2) is 0 Å². The van der Waals surface area contributed by atoms with Gasteiger partial charge in [0.2, 0.25) is 0 Å². The van der Waals surface area contributed by atoms with Crippen molar-refractivity contribution < 1.29 is 19.4 Å². The number of aromatic nitrogens is 1. The van der Waals surface area contributed by atoms with E-state index in [9.17, 15) is 9.90 Å². The second kappa shape index (κ2) is 8.32. The molecule has 0 spiro atoms. The van der Waals surface area contributed by atoms with Crippen LogP contribution in [0.15, 0.2) is 30.5 Å². The van der Waals surface area contributed by atoms with Crippen LogP contribution in [0.1, 0.15) is 32.4 Å². The van der Waals surface area contributed by atoms with E-state index in [0.717, 1.165) is 22.2 Å². The van der Waals surface area contributed by atoms with Gasteiger partial charge >= 0.3 is 6.09 Å². The lowest BCUT2D eigenvalue weighted by Crippen LogP contribution is -2.50. The number of hydrogen-bond acceptors (Lipinski definition) is 6. The summed E-state index contributed by atoms with van der Waals surface area (Å²) in [6.07, 6.45) is 0.791. The fourth-order valence-corrected chi connectivity index (χ4v) is 3.35. The summed E-state index contributed by atoms with van der Waals surface area (Å²) in [5, 5.41) is 11.7. The Labute approximate surface area is 165 Å². The number of ether oxygens (including phenoxy) is 2. The zero-order valence-electron chi connectivity index (χ0n) is 17.0. The molecular formula is C21H29N3O4. The van der Waals surface area contributed by atoms with E-state index in [4.69, 9.17) is 9.47 Å². The first-order valence-corrected chi connectivity index (χ1v) is 9.58. The van der Waals surface area contributed by atoms with E-state index in [1.807, 2.05) is 45.0 Å². The van der Waals surface area contributed by atoms with Crippen LogP contribution in [0.3, 0.4) is 0 Å². The molecule has 1 aliphatic rings. The number of pyridine rings is 1. The smallest absolute Gasteiger partial charge is 0.410 e. The van der Waals surface area contributed by atoms with Gasteiger partial charge in [-0.2, -0.15) is 0 Å². The zero-order valence-corrected chi connectivity index (χ0v) is 17.0. The number of carbonyl (C=O) groups is 1. The van der Waals surface area contributed by atoms with Crippen LogP contribution in [-0.2, 0) is 4.74 Å². The number of methoxy groups -OCH3 is 1. The number of aliphatic hydroxyl groups excluding tert-OH is 1. The maximum atomic E-state index is 12.2. The third-order valence-corrected chi connectivity index (χ3v) is 4.80. The largest absolute Gasteiger partial charge is 0.497 e. The lowest BCUT2D eigenvalue weighted by atomic mass is 10.0. The molecule has 28 heavy (non-hydrogen) atoms. The molecule has 1 atom stereocenters. The van der Waals surface area contributed by atoms with Crippen LogP contribution >= 0.6 is 0 Å². The molecule has 1 aromatic carbocycles. The van der Waals surface area contributed by atoms with Crippen LogP contribution < -0.4 is 4.74 Å². The predicted octanol–water partition coefficient (Wildman–Crippen LogP) is 2.83. The van der Waals surface area contributed by atoms with Gasteiger partial charge in [-0.15, -0.1) is 0 Å². The molecular weight excluding hydrogens is 358 g/mol. The number of nitrogens with zero attached hydrogens (tertiary/aromatic N) is 3. The molecule has 2 aromatic rings. The SMILES string of the molecule is COc1ccc2nccc([C@H](O)CN3CCN(C(=O)OC(C)(C)C)CC3)c2c1. The Morgan fingerprint density at radius 3 is 2.57 bits per heavy atom. The molecule has 1 amide bonds. The number of carbonyl (C=O) groups excluding carboxylic acids is 1. The molecule has 0 radical (unpaired) electrons. The lowest BCUT2D eigenvalue weighted by molar-refractivity contribution is 0.0102. The molecule has 7 heteroatoms. The summed E-state index contributed by atoms with van der Waals surface area (Å²) in [6, 6.07) is 7.51. The molecule has 3 rings (SSSR count). The number of amides is 1. The summed E-state index contributed by atoms with van der Waals surface area (Å²) in [6.45, 7) is 8.67. The van der Waals surface area contributed by atoms with Crippen molar-refractivity contribution in [1.29, 1.82) is 0 Å². The van der Waals surface area contributed by atoms with Crippen molar-refractivity contribution in [1.82, 2.24) is 14.8 Å². The molecule has 152 valence electrons. The number of β-amino-alcohol motifs (C(OH)–C–C–N with tert-alkyl or cyclic N) is 1. The Morgan fingerprint density at radius 1 is 1.21 bits per heavy atom. The Hall–Kier alpha value is -2.38. The zero-order chi connectivity index (χ0) is 20.3. The molecule has 1 fully saturated rings. The van der Waals surface area contributed by atoms with E-state index < -0.39 is 11.7 Å². The molecule has 1 saturated heterocycles. The number of hydrogen-bond donors (Lipinski definition) is 1. The van der Waals surface area contributed by atoms with Crippen LogP contribution in [0, 0.1) is 0 Å². The number of aliphatic hydroxyl groups is 1. The van der Waals surface area contributed by atoms with Crippen LogP contribution in [0.4, 0.5) is 4.79 Å². The summed E-state index contributed by atoms with van der Waals surface area (Å²) in [4.78, 5) is 20.4. The van der Waals surface area contributed by atoms with E-state index in [2.05, 4.69) is 9.88 Å². The van der Waals surface area contributed by atoms with E-state index in [1.54, 1.807) is 18.2 Å². The third-order valence-electron chi connectivity index (χ3n) is 4.80. The van der Waals surface area contributed by atoms with E-state index in [1.165, 1.54) is 0 Å². The van der Waals surface area contributed by atoms with Crippen molar-refractivity contribution in [2.45, 2.75) is 32.5 Å². The second-order valence-electron chi connectivity index (χ2n) is 8.07. The highest BCUT2D eigenvalue weighted by atomic mass is 16.6. The Morgan fingerprint density at radius 2 is 1.93 bits per heavy atom. The molecule has 0 aliphatic carbocycles. The van der Waals surface area contributed by atoms with Crippen molar-refractivity contribution in [2.75, 3.05) is 39.8 Å². The molecule has 0 bridgehead atoms. The van der Waals surface area contributed by atoms with Crippen LogP contribution in [0.5, 0.6) is 5.75 Å². The average Bonchev–Trinajstić information content (AvgIpc) is 2.66. The molecule has 1 aromatic heterocycles. The first-order valence-electron chi connectivity index (χ1n) is 9.58. The highest BCUT2D eigenvalue weighted by Gasteiger charge is 2.27. The number of piperazine rings is 1. The van der Waals surface area contributed by atoms with Crippen molar-refractivity contribution in [2.24, 2.45) is 0 Å². The highest BCUT2D eigenvalue weighted by Crippen LogP contribution is 2.27. The minimum atomic E-state index is -0.648. The maximum Gasteiger partial charge on any atom is 0.410 e. The summed E-state index contributed by atoms with van der Waals surface area (Å²) in [7, 11) is 1.62. The van der Waals surface area contributed by atoms with Crippen molar-refractivity contribution in [3.63, 3.8) is 0 Å². The van der Waals surface area contributed by atoms with Gasteiger partial charge in [-0.25, -0.2) is 4.79 Å². The van der Waals surface area contributed by atoms with Crippen molar-refractivity contribution >= 4 is 17.0 Å². The Balaban J connectivity index is 1.63. The van der Waals surface area contributed by atoms with Crippen molar-refractivity contribution in [3.8, 4) is 5.75 Å². The molecule has 0 saturated carbocycles. The maximum absolute atomic E-state index is 12.2. The quantitative estimate of drug-likeness (QED) is 0.870. The van der Waals surface area contributed by atoms with Crippen LogP contribution in [0.2, 0.25) is 0 Å². The Kier molecular flexibility index (Phi) is 6.05. The summed E-state index contributed by atoms with van der Waals surface area (Å²) in [5.41, 5.74) is 1.17. The molecule has 0 unspecified atom stereocenters. The average molecular weight is 387 g/mol. The van der Waals surface area contributed by atoms with Gasteiger partial charge in [0, 0.05) is 44.3 Å². The summed E-state index contributed by atoms with van der Waals surface area (Å²) in [5.74, 6) is 0.736. The molecule has 2 heterocycles. The summed E-state index contributed by atoms with van der Waals surface area (Å²) < 4.78 is 10.7. The minimum absolute atomic E-state index is 0.278.